The van der Waals surface area contributed by atoms with Gasteiger partial charge in [0, 0.05) is 35.2 Å². The molecule has 3 aromatic rings. The van der Waals surface area contributed by atoms with Gasteiger partial charge in [-0.15, -0.1) is 0 Å². The van der Waals surface area contributed by atoms with Crippen molar-refractivity contribution < 1.29 is 4.79 Å². The van der Waals surface area contributed by atoms with Gasteiger partial charge in [0.2, 0.25) is 0 Å². The van der Waals surface area contributed by atoms with Gasteiger partial charge in [0.05, 0.1) is 0 Å². The van der Waals surface area contributed by atoms with Crippen LogP contribution in [0.2, 0.25) is 0 Å². The van der Waals surface area contributed by atoms with Crippen molar-refractivity contribution in [2.75, 3.05) is 7.05 Å². The number of nitrogens with zero attached hydrogens (tertiary/aromatic N) is 1. The van der Waals surface area contributed by atoms with Crippen molar-refractivity contribution in [1.82, 2.24) is 9.88 Å². The Morgan fingerprint density at radius 3 is 2.71 bits per heavy atom. The standard InChI is InChI=1S/C21H22N2O/c1-14-7-3-4-8-16(14)21(24)23(2)15-11-12-20-18(13-15)17-9-5-6-10-19(17)22-20/h3-10,15,22H,11-13H2,1-2H3. The minimum Gasteiger partial charge on any atom is -0.358 e. The molecule has 1 atom stereocenters. The second kappa shape index (κ2) is 5.82. The van der Waals surface area contributed by atoms with Gasteiger partial charge in [0.25, 0.3) is 5.91 Å². The van der Waals surface area contributed by atoms with Crippen LogP contribution in [0.5, 0.6) is 0 Å². The lowest BCUT2D eigenvalue weighted by molar-refractivity contribution is 0.0718. The van der Waals surface area contributed by atoms with Crippen molar-refractivity contribution in [2.24, 2.45) is 0 Å². The van der Waals surface area contributed by atoms with Gasteiger partial charge in [-0.05, 0) is 49.4 Å². The van der Waals surface area contributed by atoms with Crippen LogP contribution >= 0.6 is 0 Å². The molecule has 1 unspecified atom stereocenters. The number of hydrogen-bond donors (Lipinski definition) is 1. The summed E-state index contributed by atoms with van der Waals surface area (Å²) in [6.07, 6.45) is 2.93. The van der Waals surface area contributed by atoms with E-state index >= 15 is 0 Å². The molecule has 3 heteroatoms. The van der Waals surface area contributed by atoms with Crippen molar-refractivity contribution in [1.29, 1.82) is 0 Å². The van der Waals surface area contributed by atoms with E-state index in [0.29, 0.717) is 0 Å². The molecule has 0 saturated carbocycles. The highest BCUT2D eigenvalue weighted by Crippen LogP contribution is 2.31. The van der Waals surface area contributed by atoms with E-state index in [1.807, 2.05) is 43.1 Å². The van der Waals surface area contributed by atoms with E-state index in [-0.39, 0.29) is 11.9 Å². The number of H-pyrrole nitrogens is 1. The average Bonchev–Trinajstić information content (AvgIpc) is 2.99. The summed E-state index contributed by atoms with van der Waals surface area (Å²) in [5, 5.41) is 1.30. The summed E-state index contributed by atoms with van der Waals surface area (Å²) in [4.78, 5) is 18.4. The van der Waals surface area contributed by atoms with Crippen LogP contribution in [0.25, 0.3) is 10.9 Å². The van der Waals surface area contributed by atoms with E-state index < -0.39 is 0 Å². The number of carbonyl (C=O) groups is 1. The SMILES string of the molecule is Cc1ccccc1C(=O)N(C)C1CCc2[nH]c3ccccc3c2C1. The van der Waals surface area contributed by atoms with Crippen LogP contribution in [0.1, 0.15) is 33.6 Å². The van der Waals surface area contributed by atoms with Crippen molar-refractivity contribution in [2.45, 2.75) is 32.2 Å². The lowest BCUT2D eigenvalue weighted by atomic mass is 9.90. The van der Waals surface area contributed by atoms with Crippen LogP contribution in [-0.2, 0) is 12.8 Å². The van der Waals surface area contributed by atoms with Gasteiger partial charge in [-0.25, -0.2) is 0 Å². The number of amides is 1. The predicted molar refractivity (Wildman–Crippen MR) is 97.4 cm³/mol. The Balaban J connectivity index is 1.62. The summed E-state index contributed by atoms with van der Waals surface area (Å²) >= 11 is 0. The first-order valence-corrected chi connectivity index (χ1v) is 8.56. The van der Waals surface area contributed by atoms with Gasteiger partial charge in [-0.3, -0.25) is 4.79 Å². The largest absolute Gasteiger partial charge is 0.358 e. The lowest BCUT2D eigenvalue weighted by Gasteiger charge is -2.32. The third kappa shape index (κ3) is 2.41. The minimum absolute atomic E-state index is 0.126. The van der Waals surface area contributed by atoms with Crippen molar-refractivity contribution >= 4 is 16.8 Å². The molecule has 1 aromatic heterocycles. The van der Waals surface area contributed by atoms with Crippen LogP contribution < -0.4 is 0 Å². The lowest BCUT2D eigenvalue weighted by Crippen LogP contribution is -2.40. The minimum atomic E-state index is 0.126. The van der Waals surface area contributed by atoms with E-state index in [1.165, 1.54) is 22.2 Å². The number of aryl methyl sites for hydroxylation is 2. The van der Waals surface area contributed by atoms with Crippen LogP contribution in [0.4, 0.5) is 0 Å². The molecule has 4 rings (SSSR count). The molecule has 1 heterocycles. The molecule has 3 nitrogen and oxygen atoms in total. The Hall–Kier alpha value is -2.55. The van der Waals surface area contributed by atoms with E-state index in [1.54, 1.807) is 0 Å². The fourth-order valence-electron chi connectivity index (χ4n) is 3.85. The third-order valence-corrected chi connectivity index (χ3v) is 5.31. The Bertz CT molecular complexity index is 909. The highest BCUT2D eigenvalue weighted by Gasteiger charge is 2.28. The molecular formula is C21H22N2O. The highest BCUT2D eigenvalue weighted by atomic mass is 16.2. The van der Waals surface area contributed by atoms with Crippen LogP contribution in [0.3, 0.4) is 0 Å². The number of para-hydroxylation sites is 1. The molecule has 0 spiro atoms. The summed E-state index contributed by atoms with van der Waals surface area (Å²) < 4.78 is 0. The number of fused-ring (bicyclic) bond motifs is 3. The number of benzene rings is 2. The van der Waals surface area contributed by atoms with E-state index in [0.717, 1.165) is 30.4 Å². The number of carbonyl (C=O) groups excluding carboxylic acids is 1. The molecule has 0 fully saturated rings. The molecule has 0 bridgehead atoms. The van der Waals surface area contributed by atoms with Gasteiger partial charge in [0.15, 0.2) is 0 Å². The normalized spacial score (nSPS) is 16.8. The molecule has 122 valence electrons. The van der Waals surface area contributed by atoms with Gasteiger partial charge in [0.1, 0.15) is 0 Å². The maximum Gasteiger partial charge on any atom is 0.254 e. The summed E-state index contributed by atoms with van der Waals surface area (Å²) in [6, 6.07) is 16.5. The monoisotopic (exact) mass is 318 g/mol. The Kier molecular flexibility index (Phi) is 3.64. The van der Waals surface area contributed by atoms with Gasteiger partial charge >= 0.3 is 0 Å². The Labute approximate surface area is 142 Å². The first kappa shape index (κ1) is 15.0. The Morgan fingerprint density at radius 1 is 1.12 bits per heavy atom. The van der Waals surface area contributed by atoms with Gasteiger partial charge < -0.3 is 9.88 Å². The molecule has 1 aliphatic carbocycles. The number of aromatic amines is 1. The predicted octanol–water partition coefficient (Wildman–Crippen LogP) is 4.11. The number of nitrogens with one attached hydrogen (secondary N) is 1. The second-order valence-corrected chi connectivity index (χ2v) is 6.76. The fraction of sp³-hybridized carbons (Fsp3) is 0.286. The maximum absolute atomic E-state index is 12.9. The maximum atomic E-state index is 12.9. The molecule has 1 N–H and O–H groups in total. The number of rotatable bonds is 2. The summed E-state index contributed by atoms with van der Waals surface area (Å²) in [7, 11) is 1.94. The smallest absolute Gasteiger partial charge is 0.254 e. The molecule has 0 aliphatic heterocycles. The van der Waals surface area contributed by atoms with Gasteiger partial charge in [-0.2, -0.15) is 0 Å². The zero-order chi connectivity index (χ0) is 16.7. The van der Waals surface area contributed by atoms with E-state index in [2.05, 4.69) is 29.2 Å². The summed E-state index contributed by atoms with van der Waals surface area (Å²) in [6.45, 7) is 2.00. The van der Waals surface area contributed by atoms with E-state index in [4.69, 9.17) is 0 Å². The summed E-state index contributed by atoms with van der Waals surface area (Å²) in [5.41, 5.74) is 5.77. The van der Waals surface area contributed by atoms with Crippen LogP contribution in [0.15, 0.2) is 48.5 Å². The zero-order valence-electron chi connectivity index (χ0n) is 14.2. The molecule has 24 heavy (non-hydrogen) atoms. The quantitative estimate of drug-likeness (QED) is 0.758. The topological polar surface area (TPSA) is 36.1 Å². The zero-order valence-corrected chi connectivity index (χ0v) is 14.2. The van der Waals surface area contributed by atoms with E-state index in [9.17, 15) is 4.79 Å². The average molecular weight is 318 g/mol. The first-order valence-electron chi connectivity index (χ1n) is 8.56. The van der Waals surface area contributed by atoms with Crippen LogP contribution in [-0.4, -0.2) is 28.9 Å². The molecule has 2 aromatic carbocycles. The highest BCUT2D eigenvalue weighted by molar-refractivity contribution is 5.95. The van der Waals surface area contributed by atoms with Gasteiger partial charge in [-0.1, -0.05) is 36.4 Å². The molecular weight excluding hydrogens is 296 g/mol. The van der Waals surface area contributed by atoms with Crippen LogP contribution in [0, 0.1) is 6.92 Å². The molecule has 1 aliphatic rings. The number of likely N-dealkylation sites (N-methyl/N-ethyl adjacent to an activating group) is 1. The summed E-state index contributed by atoms with van der Waals surface area (Å²) in [5.74, 6) is 0.126. The van der Waals surface area contributed by atoms with Crippen molar-refractivity contribution in [3.8, 4) is 0 Å². The number of aromatic nitrogens is 1. The molecule has 1 amide bonds. The number of hydrogen-bond acceptors (Lipinski definition) is 1. The van der Waals surface area contributed by atoms with Crippen molar-refractivity contribution in [3.63, 3.8) is 0 Å². The van der Waals surface area contributed by atoms with Crippen molar-refractivity contribution in [3.05, 3.63) is 70.9 Å². The fourth-order valence-corrected chi connectivity index (χ4v) is 3.85. The molecule has 0 radical (unpaired) electrons. The molecule has 0 saturated heterocycles. The first-order chi connectivity index (χ1) is 11.6. The second-order valence-electron chi connectivity index (χ2n) is 6.76. The third-order valence-electron chi connectivity index (χ3n) is 5.31. The Morgan fingerprint density at radius 2 is 1.88 bits per heavy atom.